The van der Waals surface area contributed by atoms with E-state index in [-0.39, 0.29) is 41.3 Å². The minimum atomic E-state index is -0.633. The van der Waals surface area contributed by atoms with E-state index < -0.39 is 11.5 Å². The van der Waals surface area contributed by atoms with Crippen LogP contribution in [0.4, 0.5) is 5.69 Å². The molecule has 0 heterocycles. The van der Waals surface area contributed by atoms with Crippen LogP contribution in [0.3, 0.4) is 0 Å². The molecule has 0 spiro atoms. The van der Waals surface area contributed by atoms with Gasteiger partial charge in [-0.25, -0.2) is 0 Å². The fourth-order valence-corrected chi connectivity index (χ4v) is 1.67. The summed E-state index contributed by atoms with van der Waals surface area (Å²) < 4.78 is 10.3. The van der Waals surface area contributed by atoms with Crippen molar-refractivity contribution in [1.29, 1.82) is 0 Å². The van der Waals surface area contributed by atoms with Crippen LogP contribution in [0.25, 0.3) is 0 Å². The third-order valence-electron chi connectivity index (χ3n) is 2.54. The van der Waals surface area contributed by atoms with Crippen LogP contribution in [0.5, 0.6) is 11.5 Å². The number of nitro benzene ring substituents is 1. The van der Waals surface area contributed by atoms with Gasteiger partial charge >= 0.3 is 0 Å². The highest BCUT2D eigenvalue weighted by atomic mass is 16.6. The van der Waals surface area contributed by atoms with Crippen molar-refractivity contribution < 1.29 is 24.3 Å². The Balaban J connectivity index is 2.97. The van der Waals surface area contributed by atoms with Gasteiger partial charge in [0.2, 0.25) is 0 Å². The van der Waals surface area contributed by atoms with E-state index >= 15 is 0 Å². The number of rotatable bonds is 7. The number of nitrogens with zero attached hydrogens (tertiary/aromatic N) is 1. The van der Waals surface area contributed by atoms with Gasteiger partial charge in [0.05, 0.1) is 30.3 Å². The van der Waals surface area contributed by atoms with Crippen LogP contribution in [0.1, 0.15) is 19.4 Å². The number of ether oxygens (including phenoxy) is 2. The Morgan fingerprint density at radius 3 is 2.57 bits per heavy atom. The molecule has 8 heteroatoms. The van der Waals surface area contributed by atoms with Crippen molar-refractivity contribution in [1.82, 2.24) is 5.32 Å². The van der Waals surface area contributed by atoms with Gasteiger partial charge in [0.1, 0.15) is 0 Å². The molecular weight excluding hydrogens is 280 g/mol. The zero-order valence-corrected chi connectivity index (χ0v) is 12.1. The number of hydrogen-bond donors (Lipinski definition) is 2. The van der Waals surface area contributed by atoms with E-state index in [0.29, 0.717) is 0 Å². The molecular formula is C13H18N2O6. The number of carbonyl (C=O) groups is 1. The maximum Gasteiger partial charge on any atom is 0.278 e. The molecule has 0 unspecified atom stereocenters. The number of benzene rings is 1. The summed E-state index contributed by atoms with van der Waals surface area (Å²) in [5.74, 6) is -0.0664. The molecule has 0 atom stereocenters. The Morgan fingerprint density at radius 2 is 2.10 bits per heavy atom. The lowest BCUT2D eigenvalue weighted by molar-refractivity contribution is -0.385. The number of carbonyl (C=O) groups excluding carboxylic acids is 1. The normalized spacial score (nSPS) is 10.3. The molecule has 0 aromatic heterocycles. The number of nitrogens with one attached hydrogen (secondary N) is 1. The first-order chi connectivity index (χ1) is 9.88. The Labute approximate surface area is 121 Å². The molecule has 1 rings (SSSR count). The van der Waals surface area contributed by atoms with Crippen LogP contribution < -0.4 is 14.8 Å². The van der Waals surface area contributed by atoms with Crippen molar-refractivity contribution in [3.8, 4) is 11.5 Å². The summed E-state index contributed by atoms with van der Waals surface area (Å²) in [6.07, 6.45) is 0. The predicted molar refractivity (Wildman–Crippen MR) is 74.3 cm³/mol. The standard InChI is InChI=1S/C13H18N2O6/c1-8(2)14-13(17)7-21-12-5-10(15(18)19)9(6-16)4-11(12)20-3/h4-5,8,16H,6-7H2,1-3H3,(H,14,17). The molecule has 2 N–H and O–H groups in total. The van der Waals surface area contributed by atoms with Gasteiger partial charge in [0.15, 0.2) is 18.1 Å². The summed E-state index contributed by atoms with van der Waals surface area (Å²) in [4.78, 5) is 21.8. The third kappa shape index (κ3) is 4.60. The van der Waals surface area contributed by atoms with Crippen molar-refractivity contribution in [2.24, 2.45) is 0 Å². The van der Waals surface area contributed by atoms with Crippen LogP contribution in [-0.4, -0.2) is 35.7 Å². The Morgan fingerprint density at radius 1 is 1.43 bits per heavy atom. The van der Waals surface area contributed by atoms with Gasteiger partial charge in [-0.2, -0.15) is 0 Å². The van der Waals surface area contributed by atoms with E-state index in [1.54, 1.807) is 13.8 Å². The summed E-state index contributed by atoms with van der Waals surface area (Å²) in [5, 5.41) is 22.7. The smallest absolute Gasteiger partial charge is 0.278 e. The molecule has 0 saturated heterocycles. The first kappa shape index (κ1) is 16.7. The van der Waals surface area contributed by atoms with E-state index in [4.69, 9.17) is 14.6 Å². The zero-order valence-electron chi connectivity index (χ0n) is 12.1. The summed E-state index contributed by atoms with van der Waals surface area (Å²) in [6, 6.07) is 2.41. The molecule has 0 aliphatic heterocycles. The van der Waals surface area contributed by atoms with Gasteiger partial charge in [0.25, 0.3) is 11.6 Å². The molecule has 8 nitrogen and oxygen atoms in total. The van der Waals surface area contributed by atoms with E-state index in [1.807, 2.05) is 0 Å². The van der Waals surface area contributed by atoms with Crippen LogP contribution in [-0.2, 0) is 11.4 Å². The van der Waals surface area contributed by atoms with Crippen molar-refractivity contribution in [3.05, 3.63) is 27.8 Å². The molecule has 0 fully saturated rings. The van der Waals surface area contributed by atoms with Crippen molar-refractivity contribution in [2.45, 2.75) is 26.5 Å². The topological polar surface area (TPSA) is 111 Å². The lowest BCUT2D eigenvalue weighted by atomic mass is 10.1. The summed E-state index contributed by atoms with van der Waals surface area (Å²) in [5.41, 5.74) is -0.187. The quantitative estimate of drug-likeness (QED) is 0.574. The SMILES string of the molecule is COc1cc(CO)c([N+](=O)[O-])cc1OCC(=O)NC(C)C. The minimum Gasteiger partial charge on any atom is -0.493 e. The highest BCUT2D eigenvalue weighted by Gasteiger charge is 2.19. The van der Waals surface area contributed by atoms with E-state index in [2.05, 4.69) is 5.32 Å². The predicted octanol–water partition coefficient (Wildman–Crippen LogP) is 0.999. The molecule has 0 aliphatic carbocycles. The highest BCUT2D eigenvalue weighted by Crippen LogP contribution is 2.34. The lowest BCUT2D eigenvalue weighted by Gasteiger charge is -2.13. The van der Waals surface area contributed by atoms with Crippen LogP contribution in [0.2, 0.25) is 0 Å². The van der Waals surface area contributed by atoms with Gasteiger partial charge < -0.3 is 19.9 Å². The van der Waals surface area contributed by atoms with Gasteiger partial charge in [0, 0.05) is 6.04 Å². The van der Waals surface area contributed by atoms with Crippen molar-refractivity contribution >= 4 is 11.6 Å². The maximum atomic E-state index is 11.5. The highest BCUT2D eigenvalue weighted by molar-refractivity contribution is 5.77. The average Bonchev–Trinajstić information content (AvgIpc) is 2.43. The molecule has 1 aromatic rings. The molecule has 0 saturated carbocycles. The summed E-state index contributed by atoms with van der Waals surface area (Å²) in [7, 11) is 1.36. The van der Waals surface area contributed by atoms with Crippen molar-refractivity contribution in [2.75, 3.05) is 13.7 Å². The van der Waals surface area contributed by atoms with Gasteiger partial charge in [-0.15, -0.1) is 0 Å². The van der Waals surface area contributed by atoms with Gasteiger partial charge in [-0.3, -0.25) is 14.9 Å². The van der Waals surface area contributed by atoms with E-state index in [0.717, 1.165) is 6.07 Å². The number of aliphatic hydroxyl groups excluding tert-OH is 1. The maximum absolute atomic E-state index is 11.5. The van der Waals surface area contributed by atoms with Crippen LogP contribution >= 0.6 is 0 Å². The van der Waals surface area contributed by atoms with Crippen LogP contribution in [0.15, 0.2) is 12.1 Å². The third-order valence-corrected chi connectivity index (χ3v) is 2.54. The second-order valence-corrected chi connectivity index (χ2v) is 4.56. The van der Waals surface area contributed by atoms with E-state index in [9.17, 15) is 14.9 Å². The van der Waals surface area contributed by atoms with E-state index in [1.165, 1.54) is 13.2 Å². The second-order valence-electron chi connectivity index (χ2n) is 4.56. The first-order valence-electron chi connectivity index (χ1n) is 6.27. The Hall–Kier alpha value is -2.35. The fraction of sp³-hybridized carbons (Fsp3) is 0.462. The number of nitro groups is 1. The lowest BCUT2D eigenvalue weighted by Crippen LogP contribution is -2.34. The number of aliphatic hydroxyl groups is 1. The molecule has 0 radical (unpaired) electrons. The molecule has 1 aromatic carbocycles. The minimum absolute atomic E-state index is 0.0332. The summed E-state index contributed by atoms with van der Waals surface area (Å²) >= 11 is 0. The average molecular weight is 298 g/mol. The first-order valence-corrected chi connectivity index (χ1v) is 6.27. The Kier molecular flexibility index (Phi) is 5.92. The zero-order chi connectivity index (χ0) is 16.0. The molecule has 21 heavy (non-hydrogen) atoms. The molecule has 0 bridgehead atoms. The molecule has 0 aliphatic rings. The largest absolute Gasteiger partial charge is 0.493 e. The van der Waals surface area contributed by atoms with Crippen molar-refractivity contribution in [3.63, 3.8) is 0 Å². The van der Waals surface area contributed by atoms with Gasteiger partial charge in [-0.05, 0) is 19.9 Å². The number of hydrogen-bond acceptors (Lipinski definition) is 6. The second kappa shape index (κ2) is 7.44. The number of methoxy groups -OCH3 is 1. The number of amides is 1. The van der Waals surface area contributed by atoms with Crippen LogP contribution in [0, 0.1) is 10.1 Å². The van der Waals surface area contributed by atoms with Gasteiger partial charge in [-0.1, -0.05) is 0 Å². The summed E-state index contributed by atoms with van der Waals surface area (Å²) in [6.45, 7) is 2.82. The molecule has 1 amide bonds. The monoisotopic (exact) mass is 298 g/mol. The fourth-order valence-electron chi connectivity index (χ4n) is 1.67. The Bertz CT molecular complexity index is 530. The molecule has 116 valence electrons.